The number of halogens is 2. The van der Waals surface area contributed by atoms with Crippen LogP contribution in [0.4, 0.5) is 0 Å². The van der Waals surface area contributed by atoms with E-state index in [1.54, 1.807) is 6.07 Å². The number of nitrogens with one attached hydrogen (secondary N) is 1. The first kappa shape index (κ1) is 13.2. The van der Waals surface area contributed by atoms with Gasteiger partial charge >= 0.3 is 0 Å². The van der Waals surface area contributed by atoms with Crippen molar-refractivity contribution < 1.29 is 4.74 Å². The second-order valence-electron chi connectivity index (χ2n) is 4.46. The Bertz CT molecular complexity index is 384. The van der Waals surface area contributed by atoms with Crippen LogP contribution < -0.4 is 5.32 Å². The Balaban J connectivity index is 2.08. The molecule has 1 saturated heterocycles. The van der Waals surface area contributed by atoms with Gasteiger partial charge in [-0.2, -0.15) is 0 Å². The Kier molecular flexibility index (Phi) is 4.69. The summed E-state index contributed by atoms with van der Waals surface area (Å²) in [4.78, 5) is 0. The summed E-state index contributed by atoms with van der Waals surface area (Å²) in [6.07, 6.45) is 1.99. The number of hydrogen-bond acceptors (Lipinski definition) is 2. The van der Waals surface area contributed by atoms with Crippen LogP contribution in [-0.4, -0.2) is 26.3 Å². The lowest BCUT2D eigenvalue weighted by atomic mass is 9.89. The zero-order chi connectivity index (χ0) is 12.3. The van der Waals surface area contributed by atoms with E-state index < -0.39 is 0 Å². The van der Waals surface area contributed by atoms with Crippen molar-refractivity contribution in [3.8, 4) is 0 Å². The van der Waals surface area contributed by atoms with E-state index in [-0.39, 0.29) is 0 Å². The molecule has 2 nitrogen and oxygen atoms in total. The summed E-state index contributed by atoms with van der Waals surface area (Å²) in [6, 6.07) is 6.21. The minimum atomic E-state index is 0.479. The lowest BCUT2D eigenvalue weighted by Crippen LogP contribution is -2.41. The highest BCUT2D eigenvalue weighted by Gasteiger charge is 2.25. The molecule has 1 N–H and O–H groups in total. The first-order chi connectivity index (χ1) is 8.20. The summed E-state index contributed by atoms with van der Waals surface area (Å²) in [5.74, 6) is 0.479. The number of benzene rings is 1. The average molecular weight is 274 g/mol. The minimum absolute atomic E-state index is 0.479. The lowest BCUT2D eigenvalue weighted by Gasteiger charge is -2.31. The van der Waals surface area contributed by atoms with Crippen molar-refractivity contribution in [3.05, 3.63) is 33.8 Å². The van der Waals surface area contributed by atoms with E-state index in [1.165, 1.54) is 0 Å². The monoisotopic (exact) mass is 273 g/mol. The van der Waals surface area contributed by atoms with E-state index in [2.05, 4.69) is 5.32 Å². The van der Waals surface area contributed by atoms with Crippen molar-refractivity contribution in [2.24, 2.45) is 5.92 Å². The maximum atomic E-state index is 6.19. The Labute approximate surface area is 112 Å². The third-order valence-electron chi connectivity index (χ3n) is 3.34. The number of hydrogen-bond donors (Lipinski definition) is 1. The summed E-state index contributed by atoms with van der Waals surface area (Å²) in [5, 5.41) is 4.79. The topological polar surface area (TPSA) is 21.3 Å². The minimum Gasteiger partial charge on any atom is -0.381 e. The van der Waals surface area contributed by atoms with Gasteiger partial charge in [-0.1, -0.05) is 29.3 Å². The van der Waals surface area contributed by atoms with Crippen LogP contribution in [-0.2, 0) is 11.2 Å². The van der Waals surface area contributed by atoms with Crippen LogP contribution in [0.15, 0.2) is 18.2 Å². The van der Waals surface area contributed by atoms with E-state index in [0.717, 1.165) is 36.6 Å². The molecule has 1 aliphatic rings. The van der Waals surface area contributed by atoms with Crippen molar-refractivity contribution in [1.82, 2.24) is 5.32 Å². The SMILES string of the molecule is CN[C@@H]1CCOC[C@H]1Cc1ccc(Cl)cc1Cl. The van der Waals surface area contributed by atoms with Crippen molar-refractivity contribution in [2.45, 2.75) is 18.9 Å². The zero-order valence-electron chi connectivity index (χ0n) is 9.88. The molecule has 1 fully saturated rings. The number of ether oxygens (including phenoxy) is 1. The third kappa shape index (κ3) is 3.35. The third-order valence-corrected chi connectivity index (χ3v) is 3.93. The van der Waals surface area contributed by atoms with E-state index in [1.807, 2.05) is 19.2 Å². The first-order valence-corrected chi connectivity index (χ1v) is 6.65. The van der Waals surface area contributed by atoms with Gasteiger partial charge in [0.15, 0.2) is 0 Å². The second-order valence-corrected chi connectivity index (χ2v) is 5.30. The molecule has 17 heavy (non-hydrogen) atoms. The highest BCUT2D eigenvalue weighted by molar-refractivity contribution is 6.35. The Morgan fingerprint density at radius 2 is 2.24 bits per heavy atom. The highest BCUT2D eigenvalue weighted by atomic mass is 35.5. The molecule has 1 aromatic rings. The van der Waals surface area contributed by atoms with Crippen molar-refractivity contribution >= 4 is 23.2 Å². The summed E-state index contributed by atoms with van der Waals surface area (Å²) in [5.41, 5.74) is 1.15. The van der Waals surface area contributed by atoms with Gasteiger partial charge in [0.25, 0.3) is 0 Å². The Morgan fingerprint density at radius 3 is 2.94 bits per heavy atom. The van der Waals surface area contributed by atoms with Crippen molar-refractivity contribution in [3.63, 3.8) is 0 Å². The second kappa shape index (κ2) is 6.05. The standard InChI is InChI=1S/C13H17Cl2NO/c1-16-13-4-5-17-8-10(13)6-9-2-3-11(14)7-12(9)15/h2-3,7,10,13,16H,4-6,8H2,1H3/t10-,13-/m1/s1. The largest absolute Gasteiger partial charge is 0.381 e. The molecule has 0 aromatic heterocycles. The Morgan fingerprint density at radius 1 is 1.41 bits per heavy atom. The molecule has 0 spiro atoms. The van der Waals surface area contributed by atoms with Gasteiger partial charge in [-0.15, -0.1) is 0 Å². The van der Waals surface area contributed by atoms with Crippen LogP contribution in [0.2, 0.25) is 10.0 Å². The average Bonchev–Trinajstić information content (AvgIpc) is 2.33. The zero-order valence-corrected chi connectivity index (χ0v) is 11.4. The summed E-state index contributed by atoms with van der Waals surface area (Å²) in [7, 11) is 2.01. The first-order valence-electron chi connectivity index (χ1n) is 5.89. The predicted molar refractivity (Wildman–Crippen MR) is 71.9 cm³/mol. The van der Waals surface area contributed by atoms with Crippen LogP contribution in [0.3, 0.4) is 0 Å². The van der Waals surface area contributed by atoms with Crippen molar-refractivity contribution in [2.75, 3.05) is 20.3 Å². The predicted octanol–water partition coefficient (Wildman–Crippen LogP) is 3.16. The molecule has 0 bridgehead atoms. The quantitative estimate of drug-likeness (QED) is 0.914. The van der Waals surface area contributed by atoms with Gasteiger partial charge in [-0.3, -0.25) is 0 Å². The van der Waals surface area contributed by atoms with Crippen LogP contribution in [0, 0.1) is 5.92 Å². The van der Waals surface area contributed by atoms with Crippen LogP contribution in [0.5, 0.6) is 0 Å². The van der Waals surface area contributed by atoms with E-state index in [4.69, 9.17) is 27.9 Å². The van der Waals surface area contributed by atoms with Crippen LogP contribution in [0.25, 0.3) is 0 Å². The molecule has 0 saturated carbocycles. The van der Waals surface area contributed by atoms with Crippen LogP contribution >= 0.6 is 23.2 Å². The molecule has 2 rings (SSSR count). The molecule has 1 aliphatic heterocycles. The molecular weight excluding hydrogens is 257 g/mol. The van der Waals surface area contributed by atoms with Gasteiger partial charge in [0.2, 0.25) is 0 Å². The molecule has 0 amide bonds. The summed E-state index contributed by atoms with van der Waals surface area (Å²) < 4.78 is 5.54. The normalized spacial score (nSPS) is 24.9. The van der Waals surface area contributed by atoms with Gasteiger partial charge in [0, 0.05) is 28.6 Å². The molecule has 0 aliphatic carbocycles. The molecule has 1 aromatic carbocycles. The van der Waals surface area contributed by atoms with Gasteiger partial charge in [0.05, 0.1) is 6.61 Å². The van der Waals surface area contributed by atoms with Crippen molar-refractivity contribution in [1.29, 1.82) is 0 Å². The summed E-state index contributed by atoms with van der Waals surface area (Å²) >= 11 is 12.1. The molecule has 4 heteroatoms. The number of rotatable bonds is 3. The van der Waals surface area contributed by atoms with Gasteiger partial charge in [-0.05, 0) is 37.6 Å². The fraction of sp³-hybridized carbons (Fsp3) is 0.538. The molecule has 2 atom stereocenters. The van der Waals surface area contributed by atoms with E-state index in [9.17, 15) is 0 Å². The van der Waals surface area contributed by atoms with Gasteiger partial charge in [0.1, 0.15) is 0 Å². The molecular formula is C13H17Cl2NO. The molecule has 1 heterocycles. The summed E-state index contributed by atoms with van der Waals surface area (Å²) in [6.45, 7) is 1.64. The van der Waals surface area contributed by atoms with Crippen LogP contribution in [0.1, 0.15) is 12.0 Å². The smallest absolute Gasteiger partial charge is 0.0512 e. The highest BCUT2D eigenvalue weighted by Crippen LogP contribution is 2.26. The van der Waals surface area contributed by atoms with Gasteiger partial charge < -0.3 is 10.1 Å². The fourth-order valence-electron chi connectivity index (χ4n) is 2.35. The maximum Gasteiger partial charge on any atom is 0.0512 e. The molecule has 0 radical (unpaired) electrons. The lowest BCUT2D eigenvalue weighted by molar-refractivity contribution is 0.0342. The molecule has 0 unspecified atom stereocenters. The van der Waals surface area contributed by atoms with E-state index >= 15 is 0 Å². The Hall–Kier alpha value is -0.280. The fourth-order valence-corrected chi connectivity index (χ4v) is 2.83. The maximum absolute atomic E-state index is 6.19. The van der Waals surface area contributed by atoms with Gasteiger partial charge in [-0.25, -0.2) is 0 Å². The molecule has 94 valence electrons. The van der Waals surface area contributed by atoms with E-state index in [0.29, 0.717) is 17.0 Å².